The smallest absolute Gasteiger partial charge is 0.0577 e. The van der Waals surface area contributed by atoms with Crippen LogP contribution in [0.4, 0.5) is 0 Å². The number of fused-ring (bicyclic) bond motifs is 1. The van der Waals surface area contributed by atoms with Crippen LogP contribution in [0, 0.1) is 11.8 Å². The molecule has 2 rings (SSSR count). The van der Waals surface area contributed by atoms with E-state index in [1.54, 1.807) is 0 Å². The highest BCUT2D eigenvalue weighted by atomic mass is 16.4. The fourth-order valence-electron chi connectivity index (χ4n) is 2.72. The molecule has 0 amide bonds. The maximum Gasteiger partial charge on any atom is 0.0577 e. The maximum absolute atomic E-state index is 8.72. The molecule has 1 aliphatic heterocycles. The first kappa shape index (κ1) is 9.97. The molecule has 1 N–H and O–H groups in total. The molecule has 80 valence electrons. The van der Waals surface area contributed by atoms with Crippen LogP contribution in [0.3, 0.4) is 0 Å². The van der Waals surface area contributed by atoms with Gasteiger partial charge < -0.3 is 5.21 Å². The highest BCUT2D eigenvalue weighted by Crippen LogP contribution is 2.38. The molecule has 1 aliphatic carbocycles. The standard InChI is InChI=1S/C11H20N2O/c1-11(2,3)13-6-8-4-10(12-14)5-9(8)7-13/h8-9,14H,4-7H2,1-3H3. The van der Waals surface area contributed by atoms with E-state index in [9.17, 15) is 0 Å². The van der Waals surface area contributed by atoms with Crippen molar-refractivity contribution in [3.63, 3.8) is 0 Å². The van der Waals surface area contributed by atoms with E-state index < -0.39 is 0 Å². The van der Waals surface area contributed by atoms with Crippen LogP contribution < -0.4 is 0 Å². The molecule has 0 bridgehead atoms. The zero-order chi connectivity index (χ0) is 10.3. The average Bonchev–Trinajstić information content (AvgIpc) is 2.56. The van der Waals surface area contributed by atoms with E-state index in [2.05, 4.69) is 30.8 Å². The number of hydrogen-bond donors (Lipinski definition) is 1. The van der Waals surface area contributed by atoms with Gasteiger partial charge in [-0.25, -0.2) is 0 Å². The molecule has 0 aromatic carbocycles. The highest BCUT2D eigenvalue weighted by molar-refractivity contribution is 5.86. The summed E-state index contributed by atoms with van der Waals surface area (Å²) in [6, 6.07) is 0. The second-order valence-corrected chi connectivity index (χ2v) is 5.67. The molecule has 2 aliphatic rings. The van der Waals surface area contributed by atoms with E-state index >= 15 is 0 Å². The molecule has 14 heavy (non-hydrogen) atoms. The second-order valence-electron chi connectivity index (χ2n) is 5.67. The quantitative estimate of drug-likeness (QED) is 0.475. The van der Waals surface area contributed by atoms with Gasteiger partial charge in [0.25, 0.3) is 0 Å². The largest absolute Gasteiger partial charge is 0.411 e. The van der Waals surface area contributed by atoms with Gasteiger partial charge in [0.2, 0.25) is 0 Å². The van der Waals surface area contributed by atoms with E-state index in [4.69, 9.17) is 5.21 Å². The molecular formula is C11H20N2O. The normalized spacial score (nSPS) is 33.5. The van der Waals surface area contributed by atoms with E-state index in [1.165, 1.54) is 13.1 Å². The molecule has 2 atom stereocenters. The fraction of sp³-hybridized carbons (Fsp3) is 0.909. The predicted octanol–water partition coefficient (Wildman–Crippen LogP) is 1.96. The summed E-state index contributed by atoms with van der Waals surface area (Å²) in [4.78, 5) is 2.55. The van der Waals surface area contributed by atoms with Gasteiger partial charge in [0, 0.05) is 18.6 Å². The third-order valence-corrected chi connectivity index (χ3v) is 3.66. The summed E-state index contributed by atoms with van der Waals surface area (Å²) in [7, 11) is 0. The summed E-state index contributed by atoms with van der Waals surface area (Å²) in [5.41, 5.74) is 1.30. The van der Waals surface area contributed by atoms with Crippen LogP contribution >= 0.6 is 0 Å². The van der Waals surface area contributed by atoms with Gasteiger partial charge in [0.15, 0.2) is 0 Å². The minimum Gasteiger partial charge on any atom is -0.411 e. The molecular weight excluding hydrogens is 176 g/mol. The summed E-state index contributed by atoms with van der Waals surface area (Å²) in [6.07, 6.45) is 2.02. The first-order valence-electron chi connectivity index (χ1n) is 5.45. The Morgan fingerprint density at radius 3 is 2.07 bits per heavy atom. The fourth-order valence-corrected chi connectivity index (χ4v) is 2.72. The Kier molecular flexibility index (Phi) is 2.30. The van der Waals surface area contributed by atoms with Crippen LogP contribution in [-0.4, -0.2) is 34.4 Å². The van der Waals surface area contributed by atoms with Crippen LogP contribution in [-0.2, 0) is 0 Å². The van der Waals surface area contributed by atoms with Gasteiger partial charge in [0.05, 0.1) is 5.71 Å². The molecule has 0 radical (unpaired) electrons. The summed E-state index contributed by atoms with van der Waals surface area (Å²) in [5.74, 6) is 1.47. The van der Waals surface area contributed by atoms with Gasteiger partial charge >= 0.3 is 0 Å². The Morgan fingerprint density at radius 1 is 1.21 bits per heavy atom. The SMILES string of the molecule is CC(C)(C)N1CC2CC(=NO)CC2C1. The topological polar surface area (TPSA) is 35.8 Å². The van der Waals surface area contributed by atoms with Gasteiger partial charge in [0.1, 0.15) is 0 Å². The Hall–Kier alpha value is -0.570. The number of rotatable bonds is 0. The van der Waals surface area contributed by atoms with Gasteiger partial charge in [-0.05, 0) is 45.4 Å². The van der Waals surface area contributed by atoms with Gasteiger partial charge in [-0.3, -0.25) is 4.90 Å². The van der Waals surface area contributed by atoms with Crippen molar-refractivity contribution in [3.05, 3.63) is 0 Å². The monoisotopic (exact) mass is 196 g/mol. The van der Waals surface area contributed by atoms with E-state index in [0.717, 1.165) is 30.4 Å². The molecule has 1 heterocycles. The third-order valence-electron chi connectivity index (χ3n) is 3.66. The van der Waals surface area contributed by atoms with Crippen molar-refractivity contribution in [1.29, 1.82) is 0 Å². The average molecular weight is 196 g/mol. The Labute approximate surface area is 85.8 Å². The molecule has 3 heteroatoms. The Balaban J connectivity index is 2.00. The van der Waals surface area contributed by atoms with Crippen molar-refractivity contribution in [2.45, 2.75) is 39.2 Å². The van der Waals surface area contributed by atoms with Crippen LogP contribution in [0.25, 0.3) is 0 Å². The van der Waals surface area contributed by atoms with Crippen molar-refractivity contribution < 1.29 is 5.21 Å². The van der Waals surface area contributed by atoms with Crippen LogP contribution in [0.15, 0.2) is 5.16 Å². The van der Waals surface area contributed by atoms with Gasteiger partial charge in [-0.1, -0.05) is 5.16 Å². The number of hydrogen-bond acceptors (Lipinski definition) is 3. The maximum atomic E-state index is 8.72. The van der Waals surface area contributed by atoms with Crippen molar-refractivity contribution in [2.24, 2.45) is 17.0 Å². The Morgan fingerprint density at radius 2 is 1.71 bits per heavy atom. The molecule has 0 spiro atoms. The minimum absolute atomic E-state index is 0.293. The molecule has 2 unspecified atom stereocenters. The lowest BCUT2D eigenvalue weighted by Gasteiger charge is -2.32. The molecule has 0 aromatic rings. The summed E-state index contributed by atoms with van der Waals surface area (Å²) in [6.45, 7) is 9.17. The molecule has 0 aromatic heterocycles. The van der Waals surface area contributed by atoms with Crippen LogP contribution in [0.5, 0.6) is 0 Å². The zero-order valence-corrected chi connectivity index (χ0v) is 9.32. The zero-order valence-electron chi connectivity index (χ0n) is 9.32. The summed E-state index contributed by atoms with van der Waals surface area (Å²) >= 11 is 0. The minimum atomic E-state index is 0.293. The highest BCUT2D eigenvalue weighted by Gasteiger charge is 2.42. The van der Waals surface area contributed by atoms with Crippen molar-refractivity contribution in [2.75, 3.05) is 13.1 Å². The molecule has 1 saturated heterocycles. The summed E-state index contributed by atoms with van der Waals surface area (Å²) in [5, 5.41) is 12.1. The van der Waals surface area contributed by atoms with Crippen molar-refractivity contribution in [3.8, 4) is 0 Å². The predicted molar refractivity (Wildman–Crippen MR) is 56.8 cm³/mol. The Bertz CT molecular complexity index is 239. The number of nitrogens with zero attached hydrogens (tertiary/aromatic N) is 2. The van der Waals surface area contributed by atoms with Crippen molar-refractivity contribution >= 4 is 5.71 Å². The van der Waals surface area contributed by atoms with Crippen molar-refractivity contribution in [1.82, 2.24) is 4.90 Å². The van der Waals surface area contributed by atoms with E-state index in [-0.39, 0.29) is 0 Å². The third kappa shape index (κ3) is 1.65. The number of likely N-dealkylation sites (tertiary alicyclic amines) is 1. The first-order chi connectivity index (χ1) is 6.50. The van der Waals surface area contributed by atoms with Gasteiger partial charge in [-0.15, -0.1) is 0 Å². The van der Waals surface area contributed by atoms with Gasteiger partial charge in [-0.2, -0.15) is 0 Å². The molecule has 3 nitrogen and oxygen atoms in total. The second kappa shape index (κ2) is 3.23. The summed E-state index contributed by atoms with van der Waals surface area (Å²) < 4.78 is 0. The van der Waals surface area contributed by atoms with E-state index in [0.29, 0.717) is 5.54 Å². The van der Waals surface area contributed by atoms with Crippen LogP contribution in [0.2, 0.25) is 0 Å². The lowest BCUT2D eigenvalue weighted by Crippen LogP contribution is -2.40. The van der Waals surface area contributed by atoms with Crippen LogP contribution in [0.1, 0.15) is 33.6 Å². The molecule has 2 fully saturated rings. The van der Waals surface area contributed by atoms with E-state index in [1.807, 2.05) is 0 Å². The number of oxime groups is 1. The lowest BCUT2D eigenvalue weighted by atomic mass is 10.0. The molecule has 1 saturated carbocycles. The first-order valence-corrected chi connectivity index (χ1v) is 5.45. The lowest BCUT2D eigenvalue weighted by molar-refractivity contribution is 0.164.